The van der Waals surface area contributed by atoms with E-state index in [4.69, 9.17) is 0 Å². The number of nitrogens with one attached hydrogen (secondary N) is 2. The van der Waals surface area contributed by atoms with Crippen molar-refractivity contribution in [2.75, 3.05) is 13.2 Å². The highest BCUT2D eigenvalue weighted by molar-refractivity contribution is 5.82. The monoisotopic (exact) mass is 242 g/mol. The van der Waals surface area contributed by atoms with Gasteiger partial charge in [-0.25, -0.2) is 4.79 Å². The molecule has 0 spiro atoms. The van der Waals surface area contributed by atoms with Crippen LogP contribution in [0.3, 0.4) is 0 Å². The van der Waals surface area contributed by atoms with E-state index in [0.717, 1.165) is 0 Å². The van der Waals surface area contributed by atoms with Gasteiger partial charge in [0.25, 0.3) is 0 Å². The van der Waals surface area contributed by atoms with Crippen molar-refractivity contribution in [3.05, 3.63) is 0 Å². The Morgan fingerprint density at radius 1 is 1.31 bits per heavy atom. The molecule has 0 aromatic carbocycles. The Bertz CT molecular complexity index is 253. The normalized spacial score (nSPS) is 11.1. The van der Waals surface area contributed by atoms with Crippen LogP contribution in [0.2, 0.25) is 0 Å². The number of rotatable bonds is 4. The molecule has 0 unspecified atom stereocenters. The summed E-state index contributed by atoms with van der Waals surface area (Å²) in [5.41, 5.74) is 0. The quantitative estimate of drug-likeness (QED) is 0.766. The molecule has 5 nitrogen and oxygen atoms in total. The molecule has 0 heterocycles. The van der Waals surface area contributed by atoms with Crippen LogP contribution in [0.15, 0.2) is 0 Å². The topological polar surface area (TPSA) is 67.4 Å². The summed E-state index contributed by atoms with van der Waals surface area (Å²) in [4.78, 5) is 21.6. The van der Waals surface area contributed by atoms with E-state index in [1.807, 2.05) is 5.32 Å². The summed E-state index contributed by atoms with van der Waals surface area (Å²) in [5.74, 6) is -0.501. The van der Waals surface area contributed by atoms with Crippen LogP contribution in [-0.4, -0.2) is 37.4 Å². The summed E-state index contributed by atoms with van der Waals surface area (Å²) in [6.45, 7) is 1.32. The second-order valence-electron chi connectivity index (χ2n) is 3.27. The number of hydrogen-bond donors (Lipinski definition) is 2. The molecule has 2 amide bonds. The fourth-order valence-corrected chi connectivity index (χ4v) is 0.724. The third-order valence-electron chi connectivity index (χ3n) is 1.21. The maximum Gasteiger partial charge on any atom is 0.422 e. The molecule has 2 N–H and O–H groups in total. The minimum Gasteiger partial charge on any atom is -0.440 e. The van der Waals surface area contributed by atoms with Crippen LogP contribution in [0, 0.1) is 0 Å². The van der Waals surface area contributed by atoms with Crippen molar-refractivity contribution < 1.29 is 27.5 Å². The second-order valence-corrected chi connectivity index (χ2v) is 3.27. The maximum atomic E-state index is 11.6. The summed E-state index contributed by atoms with van der Waals surface area (Å²) in [7, 11) is 0. The van der Waals surface area contributed by atoms with Crippen molar-refractivity contribution in [2.45, 2.75) is 26.1 Å². The van der Waals surface area contributed by atoms with Crippen LogP contribution in [-0.2, 0) is 9.53 Å². The summed E-state index contributed by atoms with van der Waals surface area (Å²) >= 11 is 0. The minimum absolute atomic E-state index is 0.111. The molecule has 8 heteroatoms. The first kappa shape index (κ1) is 14.5. The summed E-state index contributed by atoms with van der Waals surface area (Å²) in [6, 6.07) is -0.111. The van der Waals surface area contributed by atoms with Crippen molar-refractivity contribution >= 4 is 12.0 Å². The highest BCUT2D eigenvalue weighted by Crippen LogP contribution is 2.14. The molecular formula is C8H13F3N2O3. The van der Waals surface area contributed by atoms with Gasteiger partial charge in [-0.15, -0.1) is 0 Å². The zero-order chi connectivity index (χ0) is 12.8. The van der Waals surface area contributed by atoms with E-state index in [0.29, 0.717) is 0 Å². The van der Waals surface area contributed by atoms with Gasteiger partial charge in [-0.3, -0.25) is 4.79 Å². The van der Waals surface area contributed by atoms with Crippen molar-refractivity contribution in [3.8, 4) is 0 Å². The number of carbonyl (C=O) groups is 2. The van der Waals surface area contributed by atoms with Gasteiger partial charge in [-0.2, -0.15) is 13.2 Å². The lowest BCUT2D eigenvalue weighted by Gasteiger charge is -2.10. The molecule has 16 heavy (non-hydrogen) atoms. The number of hydrogen-bond acceptors (Lipinski definition) is 3. The fourth-order valence-electron chi connectivity index (χ4n) is 0.724. The Morgan fingerprint density at radius 2 is 1.88 bits per heavy atom. The number of amides is 2. The zero-order valence-electron chi connectivity index (χ0n) is 8.85. The molecule has 0 aromatic heterocycles. The molecular weight excluding hydrogens is 229 g/mol. The largest absolute Gasteiger partial charge is 0.440 e. The average Bonchev–Trinajstić information content (AvgIpc) is 2.09. The number of alkyl carbamates (subject to hydrolysis) is 1. The Hall–Kier alpha value is -1.47. The van der Waals surface area contributed by atoms with Crippen LogP contribution in [0.25, 0.3) is 0 Å². The van der Waals surface area contributed by atoms with E-state index in [1.165, 1.54) is 0 Å². The van der Waals surface area contributed by atoms with Crippen LogP contribution < -0.4 is 10.6 Å². The van der Waals surface area contributed by atoms with Gasteiger partial charge in [-0.1, -0.05) is 0 Å². The molecule has 0 atom stereocenters. The van der Waals surface area contributed by atoms with Crippen molar-refractivity contribution in [1.29, 1.82) is 0 Å². The van der Waals surface area contributed by atoms with E-state index in [9.17, 15) is 22.8 Å². The van der Waals surface area contributed by atoms with Crippen molar-refractivity contribution in [1.82, 2.24) is 10.6 Å². The lowest BCUT2D eigenvalue weighted by molar-refractivity contribution is -0.160. The predicted molar refractivity (Wildman–Crippen MR) is 48.7 cm³/mol. The molecule has 0 radical (unpaired) electrons. The number of carbonyl (C=O) groups excluding carboxylic acids is 2. The van der Waals surface area contributed by atoms with Crippen LogP contribution in [0.5, 0.6) is 0 Å². The van der Waals surface area contributed by atoms with Crippen molar-refractivity contribution in [3.63, 3.8) is 0 Å². The molecule has 0 rings (SSSR count). The van der Waals surface area contributed by atoms with E-state index in [1.54, 1.807) is 13.8 Å². The first-order valence-electron chi connectivity index (χ1n) is 4.47. The number of halogens is 3. The Labute approximate surface area is 90.3 Å². The number of ether oxygens (including phenoxy) is 1. The van der Waals surface area contributed by atoms with Gasteiger partial charge in [0.1, 0.15) is 6.54 Å². The highest BCUT2D eigenvalue weighted by atomic mass is 19.4. The van der Waals surface area contributed by atoms with Gasteiger partial charge in [0.2, 0.25) is 5.91 Å². The summed E-state index contributed by atoms with van der Waals surface area (Å²) in [5, 5.41) is 4.33. The first-order valence-corrected chi connectivity index (χ1v) is 4.47. The lowest BCUT2D eigenvalue weighted by Crippen LogP contribution is -2.40. The van der Waals surface area contributed by atoms with Crippen LogP contribution >= 0.6 is 0 Å². The van der Waals surface area contributed by atoms with Crippen molar-refractivity contribution in [2.24, 2.45) is 0 Å². The van der Waals surface area contributed by atoms with E-state index in [2.05, 4.69) is 10.1 Å². The molecule has 0 aliphatic rings. The molecule has 0 aromatic rings. The highest BCUT2D eigenvalue weighted by Gasteiger charge is 2.29. The summed E-state index contributed by atoms with van der Waals surface area (Å²) in [6.07, 6.45) is -5.85. The SMILES string of the molecule is CC(C)NC(=O)CNC(=O)OCC(F)(F)F. The zero-order valence-corrected chi connectivity index (χ0v) is 8.85. The average molecular weight is 242 g/mol. The van der Waals surface area contributed by atoms with Gasteiger partial charge >= 0.3 is 12.3 Å². The van der Waals surface area contributed by atoms with Crippen LogP contribution in [0.1, 0.15) is 13.8 Å². The van der Waals surface area contributed by atoms with Gasteiger partial charge in [0.15, 0.2) is 6.61 Å². The standard InChI is InChI=1S/C8H13F3N2O3/c1-5(2)13-6(14)3-12-7(15)16-4-8(9,10)11/h5H,3-4H2,1-2H3,(H,12,15)(H,13,14). The van der Waals surface area contributed by atoms with Gasteiger partial charge in [0, 0.05) is 6.04 Å². The summed E-state index contributed by atoms with van der Waals surface area (Å²) < 4.78 is 38.6. The van der Waals surface area contributed by atoms with E-state index < -0.39 is 31.3 Å². The van der Waals surface area contributed by atoms with E-state index in [-0.39, 0.29) is 6.04 Å². The van der Waals surface area contributed by atoms with Gasteiger partial charge in [-0.05, 0) is 13.8 Å². The Morgan fingerprint density at radius 3 is 2.31 bits per heavy atom. The van der Waals surface area contributed by atoms with Gasteiger partial charge < -0.3 is 15.4 Å². The molecule has 0 saturated carbocycles. The second kappa shape index (κ2) is 6.19. The van der Waals surface area contributed by atoms with Crippen LogP contribution in [0.4, 0.5) is 18.0 Å². The van der Waals surface area contributed by atoms with Gasteiger partial charge in [0.05, 0.1) is 0 Å². The first-order chi connectivity index (χ1) is 7.20. The predicted octanol–water partition coefficient (Wildman–Crippen LogP) is 0.800. The van der Waals surface area contributed by atoms with E-state index >= 15 is 0 Å². The Balaban J connectivity index is 3.70. The molecule has 0 aliphatic heterocycles. The lowest BCUT2D eigenvalue weighted by atomic mass is 10.4. The molecule has 0 saturated heterocycles. The Kier molecular flexibility index (Phi) is 5.62. The molecule has 0 fully saturated rings. The molecule has 94 valence electrons. The molecule has 0 bridgehead atoms. The minimum atomic E-state index is -4.57. The third-order valence-corrected chi connectivity index (χ3v) is 1.21. The molecule has 0 aliphatic carbocycles. The third kappa shape index (κ3) is 9.10. The smallest absolute Gasteiger partial charge is 0.422 e. The maximum absolute atomic E-state index is 11.6. The fraction of sp³-hybridized carbons (Fsp3) is 0.750. The number of alkyl halides is 3.